The van der Waals surface area contributed by atoms with Crippen molar-refractivity contribution in [1.82, 2.24) is 20.4 Å². The summed E-state index contributed by atoms with van der Waals surface area (Å²) in [7, 11) is 0. The molecule has 0 aromatic heterocycles. The minimum atomic E-state index is -0.670. The molecule has 4 atom stereocenters. The van der Waals surface area contributed by atoms with E-state index in [-0.39, 0.29) is 46.5 Å². The highest BCUT2D eigenvalue weighted by Crippen LogP contribution is 2.54. The van der Waals surface area contributed by atoms with Gasteiger partial charge in [-0.25, -0.2) is 0 Å². The van der Waals surface area contributed by atoms with Crippen molar-refractivity contribution in [2.75, 3.05) is 45.9 Å². The molecule has 8 nitrogen and oxygen atoms in total. The van der Waals surface area contributed by atoms with E-state index < -0.39 is 6.04 Å². The summed E-state index contributed by atoms with van der Waals surface area (Å²) in [5.41, 5.74) is -0.121. The third kappa shape index (κ3) is 5.70. The summed E-state index contributed by atoms with van der Waals surface area (Å²) in [5, 5.41) is 6.57. The first kappa shape index (κ1) is 26.9. The first-order valence-electron chi connectivity index (χ1n) is 14.9. The van der Waals surface area contributed by atoms with Crippen molar-refractivity contribution in [2.24, 2.45) is 28.6 Å². The summed E-state index contributed by atoms with van der Waals surface area (Å²) in [5.74, 6) is 0.587. The van der Waals surface area contributed by atoms with Crippen LogP contribution in [0.15, 0.2) is 0 Å². The molecule has 0 aromatic rings. The normalized spacial score (nSPS) is 30.5. The van der Waals surface area contributed by atoms with Crippen molar-refractivity contribution >= 4 is 17.7 Å². The van der Waals surface area contributed by atoms with Crippen LogP contribution in [0.2, 0.25) is 0 Å². The van der Waals surface area contributed by atoms with Gasteiger partial charge in [-0.2, -0.15) is 0 Å². The van der Waals surface area contributed by atoms with E-state index in [9.17, 15) is 14.4 Å². The highest BCUT2D eigenvalue weighted by molar-refractivity contribution is 5.90. The van der Waals surface area contributed by atoms with Crippen LogP contribution in [0.3, 0.4) is 0 Å². The monoisotopic (exact) mass is 516 g/mol. The number of ether oxygens (including phenoxy) is 1. The summed E-state index contributed by atoms with van der Waals surface area (Å²) in [6.45, 7) is 11.0. The van der Waals surface area contributed by atoms with Crippen molar-refractivity contribution in [2.45, 2.75) is 90.7 Å². The Morgan fingerprint density at radius 1 is 0.973 bits per heavy atom. The van der Waals surface area contributed by atoms with Gasteiger partial charge in [-0.3, -0.25) is 14.4 Å². The molecule has 37 heavy (non-hydrogen) atoms. The third-order valence-electron chi connectivity index (χ3n) is 10.0. The van der Waals surface area contributed by atoms with Crippen LogP contribution >= 0.6 is 0 Å². The zero-order valence-electron chi connectivity index (χ0n) is 23.2. The van der Waals surface area contributed by atoms with E-state index in [1.165, 1.54) is 32.1 Å². The number of amides is 3. The van der Waals surface area contributed by atoms with Crippen LogP contribution in [-0.2, 0) is 19.1 Å². The molecule has 1 spiro atoms. The molecule has 5 fully saturated rings. The van der Waals surface area contributed by atoms with E-state index in [1.807, 2.05) is 16.7 Å². The molecule has 0 bridgehead atoms. The van der Waals surface area contributed by atoms with Crippen LogP contribution in [0, 0.1) is 28.6 Å². The fourth-order valence-corrected chi connectivity index (χ4v) is 7.17. The highest BCUT2D eigenvalue weighted by atomic mass is 16.5. The van der Waals surface area contributed by atoms with Gasteiger partial charge in [-0.05, 0) is 56.8 Å². The lowest BCUT2D eigenvalue weighted by atomic mass is 9.70. The van der Waals surface area contributed by atoms with Gasteiger partial charge in [0.25, 0.3) is 0 Å². The lowest BCUT2D eigenvalue weighted by Crippen LogP contribution is -2.65. The van der Waals surface area contributed by atoms with E-state index in [4.69, 9.17) is 4.74 Å². The van der Waals surface area contributed by atoms with Crippen LogP contribution in [-0.4, -0.2) is 85.5 Å². The molecule has 3 aliphatic heterocycles. The predicted molar refractivity (Wildman–Crippen MR) is 142 cm³/mol. The predicted octanol–water partition coefficient (Wildman–Crippen LogP) is 2.56. The van der Waals surface area contributed by atoms with Crippen molar-refractivity contribution in [3.63, 3.8) is 0 Å². The maximum absolute atomic E-state index is 13.7. The summed E-state index contributed by atoms with van der Waals surface area (Å²) < 4.78 is 6.28. The van der Waals surface area contributed by atoms with Crippen LogP contribution in [0.4, 0.5) is 0 Å². The molecule has 3 heterocycles. The summed E-state index contributed by atoms with van der Waals surface area (Å²) in [4.78, 5) is 44.1. The molecule has 0 radical (unpaired) electrons. The van der Waals surface area contributed by atoms with E-state index in [0.717, 1.165) is 45.3 Å². The van der Waals surface area contributed by atoms with Crippen molar-refractivity contribution < 1.29 is 19.1 Å². The third-order valence-corrected chi connectivity index (χ3v) is 10.0. The molecule has 5 rings (SSSR count). The zero-order valence-corrected chi connectivity index (χ0v) is 23.2. The van der Waals surface area contributed by atoms with Gasteiger partial charge in [0.15, 0.2) is 0 Å². The number of rotatable bonds is 8. The average molecular weight is 517 g/mol. The minimum absolute atomic E-state index is 0.00872. The molecule has 208 valence electrons. The molecule has 5 aliphatic rings. The lowest BCUT2D eigenvalue weighted by Gasteiger charge is -2.50. The number of hydrogen-bond acceptors (Lipinski definition) is 5. The van der Waals surface area contributed by atoms with Crippen molar-refractivity contribution in [3.05, 3.63) is 0 Å². The maximum atomic E-state index is 13.7. The smallest absolute Gasteiger partial charge is 0.247 e. The Bertz CT molecular complexity index is 858. The van der Waals surface area contributed by atoms with Gasteiger partial charge in [0.1, 0.15) is 6.04 Å². The minimum Gasteiger partial charge on any atom is -0.376 e. The fourth-order valence-electron chi connectivity index (χ4n) is 7.17. The van der Waals surface area contributed by atoms with Gasteiger partial charge in [-0.1, -0.05) is 33.1 Å². The van der Waals surface area contributed by atoms with E-state index in [1.54, 1.807) is 0 Å². The van der Waals surface area contributed by atoms with Crippen LogP contribution in [0.1, 0.15) is 78.6 Å². The summed E-state index contributed by atoms with van der Waals surface area (Å²) in [6, 6.07) is -0.670. The maximum Gasteiger partial charge on any atom is 0.247 e. The Morgan fingerprint density at radius 3 is 2.27 bits per heavy atom. The molecular formula is C29H48N4O4. The number of carbonyl (C=O) groups excluding carboxylic acids is 3. The van der Waals surface area contributed by atoms with Gasteiger partial charge >= 0.3 is 0 Å². The molecular weight excluding hydrogens is 468 g/mol. The van der Waals surface area contributed by atoms with Crippen LogP contribution < -0.4 is 10.6 Å². The number of likely N-dealkylation sites (tertiary alicyclic amines) is 2. The standard InChI is InChI=1S/C29H48N4O4/c1-20(37-16-21-10-6-4-7-11-21)24(27(36)32-12-8-5-9-13-32)31-25(34)23-15-30-17-29(23)18-33(19-29)26(35)22-14-28(22,2)3/h20-24,30H,4-19H2,1-3H3,(H,31,34)/t20-,22-,23?,24+/m1/s1. The van der Waals surface area contributed by atoms with E-state index >= 15 is 0 Å². The number of nitrogens with one attached hydrogen (secondary N) is 2. The largest absolute Gasteiger partial charge is 0.376 e. The Hall–Kier alpha value is -1.67. The molecule has 2 aliphatic carbocycles. The first-order valence-corrected chi connectivity index (χ1v) is 14.9. The summed E-state index contributed by atoms with van der Waals surface area (Å²) in [6.07, 6.45) is 9.95. The van der Waals surface area contributed by atoms with Crippen molar-refractivity contribution in [3.8, 4) is 0 Å². The van der Waals surface area contributed by atoms with Crippen molar-refractivity contribution in [1.29, 1.82) is 0 Å². The average Bonchev–Trinajstić information content (AvgIpc) is 3.31. The highest BCUT2D eigenvalue weighted by Gasteiger charge is 2.60. The second-order valence-corrected chi connectivity index (χ2v) is 13.4. The Kier molecular flexibility index (Phi) is 7.88. The SMILES string of the molecule is C[C@@H](OCC1CCCCC1)[C@H](NC(=O)C1CNCC12CN(C(=O)[C@H]1CC1(C)C)C2)C(=O)N1CCCCC1. The first-order chi connectivity index (χ1) is 17.7. The molecule has 3 amide bonds. The molecule has 3 saturated heterocycles. The summed E-state index contributed by atoms with van der Waals surface area (Å²) >= 11 is 0. The topological polar surface area (TPSA) is 91.0 Å². The quantitative estimate of drug-likeness (QED) is 0.518. The fraction of sp³-hybridized carbons (Fsp3) is 0.897. The van der Waals surface area contributed by atoms with E-state index in [2.05, 4.69) is 24.5 Å². The van der Waals surface area contributed by atoms with Gasteiger partial charge in [0.05, 0.1) is 12.0 Å². The molecule has 2 N–H and O–H groups in total. The van der Waals surface area contributed by atoms with Crippen LogP contribution in [0.5, 0.6) is 0 Å². The number of carbonyl (C=O) groups is 3. The zero-order chi connectivity index (χ0) is 26.2. The van der Waals surface area contributed by atoms with E-state index in [0.29, 0.717) is 32.2 Å². The van der Waals surface area contributed by atoms with Crippen LogP contribution in [0.25, 0.3) is 0 Å². The second kappa shape index (κ2) is 10.8. The molecule has 1 unspecified atom stereocenters. The van der Waals surface area contributed by atoms with Gasteiger partial charge in [-0.15, -0.1) is 0 Å². The van der Waals surface area contributed by atoms with Gasteiger partial charge < -0.3 is 25.2 Å². The Balaban J connectivity index is 1.22. The molecule has 0 aromatic carbocycles. The van der Waals surface area contributed by atoms with Gasteiger partial charge in [0.2, 0.25) is 17.7 Å². The number of piperidine rings is 1. The lowest BCUT2D eigenvalue weighted by molar-refractivity contribution is -0.153. The Labute approximate surface area is 222 Å². The van der Waals surface area contributed by atoms with Gasteiger partial charge in [0, 0.05) is 57.2 Å². The number of hydrogen-bond donors (Lipinski definition) is 2. The number of nitrogens with zero attached hydrogens (tertiary/aromatic N) is 2. The second-order valence-electron chi connectivity index (χ2n) is 13.4. The molecule has 2 saturated carbocycles. The Morgan fingerprint density at radius 2 is 1.62 bits per heavy atom. The molecule has 8 heteroatoms.